The van der Waals surface area contributed by atoms with Crippen LogP contribution in [0, 0.1) is 0 Å². The molecule has 0 aliphatic carbocycles. The molecule has 1 heterocycles. The molecule has 0 atom stereocenters. The number of thiazole rings is 1. The Balaban J connectivity index is 0.00000400. The summed E-state index contributed by atoms with van der Waals surface area (Å²) in [6.07, 6.45) is -1.35. The van der Waals surface area contributed by atoms with Gasteiger partial charge in [-0.1, -0.05) is 0 Å². The molecule has 0 bridgehead atoms. The number of halogens is 4. The Kier molecular flexibility index (Phi) is 10.4. The highest BCUT2D eigenvalue weighted by molar-refractivity contribution is 14.0. The standard InChI is InChI=1S/C11H17F3N4S2.HI/c1-15-10(16-4-3-5-19-2)17-6-9-18-8(7-20-9)11(12,13)14;/h7H,3-6H2,1-2H3,(H2,15,16,17);1H. The molecule has 0 aliphatic heterocycles. The predicted molar refractivity (Wildman–Crippen MR) is 93.7 cm³/mol. The maximum atomic E-state index is 12.4. The largest absolute Gasteiger partial charge is 0.434 e. The first kappa shape index (κ1) is 20.8. The third-order valence-corrected chi connectivity index (χ3v) is 3.84. The van der Waals surface area contributed by atoms with Crippen LogP contribution in [0.1, 0.15) is 17.1 Å². The van der Waals surface area contributed by atoms with Gasteiger partial charge in [0.1, 0.15) is 5.01 Å². The molecular weight excluding hydrogens is 436 g/mol. The van der Waals surface area contributed by atoms with E-state index in [2.05, 4.69) is 20.6 Å². The summed E-state index contributed by atoms with van der Waals surface area (Å²) in [7, 11) is 1.62. The van der Waals surface area contributed by atoms with Gasteiger partial charge in [0.25, 0.3) is 0 Å². The highest BCUT2D eigenvalue weighted by Gasteiger charge is 2.33. The summed E-state index contributed by atoms with van der Waals surface area (Å²) in [4.78, 5) is 7.54. The lowest BCUT2D eigenvalue weighted by Crippen LogP contribution is -2.37. The highest BCUT2D eigenvalue weighted by atomic mass is 127. The molecule has 0 amide bonds. The van der Waals surface area contributed by atoms with Crippen molar-refractivity contribution < 1.29 is 13.2 Å². The second-order valence-corrected chi connectivity index (χ2v) is 5.75. The van der Waals surface area contributed by atoms with E-state index in [1.165, 1.54) is 0 Å². The van der Waals surface area contributed by atoms with Gasteiger partial charge in [0.15, 0.2) is 11.7 Å². The molecule has 0 aliphatic rings. The number of thioether (sulfide) groups is 1. The van der Waals surface area contributed by atoms with Gasteiger partial charge in [-0.05, 0) is 18.4 Å². The lowest BCUT2D eigenvalue weighted by Gasteiger charge is -2.10. The molecule has 21 heavy (non-hydrogen) atoms. The van der Waals surface area contributed by atoms with Crippen LogP contribution in [0.15, 0.2) is 10.4 Å². The van der Waals surface area contributed by atoms with Gasteiger partial charge in [0, 0.05) is 19.0 Å². The third-order valence-electron chi connectivity index (χ3n) is 2.29. The van der Waals surface area contributed by atoms with E-state index in [0.717, 1.165) is 35.4 Å². The van der Waals surface area contributed by atoms with Crippen LogP contribution in [0.5, 0.6) is 0 Å². The number of hydrogen-bond acceptors (Lipinski definition) is 4. The van der Waals surface area contributed by atoms with Gasteiger partial charge < -0.3 is 10.6 Å². The Morgan fingerprint density at radius 3 is 2.67 bits per heavy atom. The normalized spacial score (nSPS) is 12.0. The van der Waals surface area contributed by atoms with Gasteiger partial charge in [0.2, 0.25) is 0 Å². The van der Waals surface area contributed by atoms with Crippen LogP contribution in [-0.4, -0.2) is 36.5 Å². The van der Waals surface area contributed by atoms with Gasteiger partial charge in [-0.25, -0.2) is 4.98 Å². The molecular formula is C11H18F3IN4S2. The third kappa shape index (κ3) is 8.10. The number of hydrogen-bond donors (Lipinski definition) is 2. The smallest absolute Gasteiger partial charge is 0.356 e. The summed E-state index contributed by atoms with van der Waals surface area (Å²) in [5.74, 6) is 1.61. The van der Waals surface area contributed by atoms with Crippen molar-refractivity contribution >= 4 is 53.0 Å². The van der Waals surface area contributed by atoms with E-state index in [-0.39, 0.29) is 30.5 Å². The number of nitrogens with one attached hydrogen (secondary N) is 2. The van der Waals surface area contributed by atoms with E-state index in [0.29, 0.717) is 11.0 Å². The Bertz CT molecular complexity index is 437. The van der Waals surface area contributed by atoms with Crippen LogP contribution in [0.3, 0.4) is 0 Å². The minimum atomic E-state index is -4.38. The van der Waals surface area contributed by atoms with Gasteiger partial charge in [-0.3, -0.25) is 4.99 Å². The summed E-state index contributed by atoms with van der Waals surface area (Å²) in [5.41, 5.74) is -0.845. The van der Waals surface area contributed by atoms with Gasteiger partial charge in [-0.15, -0.1) is 35.3 Å². The van der Waals surface area contributed by atoms with Crippen molar-refractivity contribution in [3.63, 3.8) is 0 Å². The van der Waals surface area contributed by atoms with Crippen molar-refractivity contribution in [3.8, 4) is 0 Å². The lowest BCUT2D eigenvalue weighted by molar-refractivity contribution is -0.140. The molecule has 122 valence electrons. The number of aromatic nitrogens is 1. The van der Waals surface area contributed by atoms with Crippen molar-refractivity contribution in [1.82, 2.24) is 15.6 Å². The zero-order chi connectivity index (χ0) is 15.0. The number of guanidine groups is 1. The summed E-state index contributed by atoms with van der Waals surface area (Å²) in [6.45, 7) is 0.995. The number of alkyl halides is 3. The first-order chi connectivity index (χ1) is 9.47. The quantitative estimate of drug-likeness (QED) is 0.300. The Hall–Kier alpha value is -0.230. The van der Waals surface area contributed by atoms with Crippen LogP contribution >= 0.6 is 47.1 Å². The van der Waals surface area contributed by atoms with E-state index in [4.69, 9.17) is 0 Å². The average molecular weight is 454 g/mol. The second kappa shape index (κ2) is 10.5. The molecule has 1 aromatic rings. The van der Waals surface area contributed by atoms with Crippen LogP contribution in [-0.2, 0) is 12.7 Å². The molecule has 0 saturated carbocycles. The first-order valence-electron chi connectivity index (χ1n) is 5.92. The number of nitrogens with zero attached hydrogens (tertiary/aromatic N) is 2. The van der Waals surface area contributed by atoms with Gasteiger partial charge in [0.05, 0.1) is 6.54 Å². The van der Waals surface area contributed by atoms with Crippen LogP contribution < -0.4 is 10.6 Å². The average Bonchev–Trinajstić information content (AvgIpc) is 2.87. The topological polar surface area (TPSA) is 49.3 Å². The first-order valence-corrected chi connectivity index (χ1v) is 8.19. The van der Waals surface area contributed by atoms with E-state index in [1.54, 1.807) is 18.8 Å². The minimum Gasteiger partial charge on any atom is -0.356 e. The molecule has 4 nitrogen and oxygen atoms in total. The summed E-state index contributed by atoms with van der Waals surface area (Å²) < 4.78 is 37.2. The maximum Gasteiger partial charge on any atom is 0.434 e. The van der Waals surface area contributed by atoms with Crippen molar-refractivity contribution in [3.05, 3.63) is 16.1 Å². The van der Waals surface area contributed by atoms with E-state index in [1.807, 2.05) is 6.26 Å². The molecule has 10 heteroatoms. The van der Waals surface area contributed by atoms with Crippen molar-refractivity contribution in [2.45, 2.75) is 19.1 Å². The van der Waals surface area contributed by atoms with Crippen LogP contribution in [0.25, 0.3) is 0 Å². The zero-order valence-electron chi connectivity index (χ0n) is 11.7. The van der Waals surface area contributed by atoms with Gasteiger partial charge >= 0.3 is 6.18 Å². The predicted octanol–water partition coefficient (Wildman–Crippen LogP) is 3.20. The van der Waals surface area contributed by atoms with E-state index < -0.39 is 11.9 Å². The van der Waals surface area contributed by atoms with Crippen molar-refractivity contribution in [2.24, 2.45) is 4.99 Å². The summed E-state index contributed by atoms with van der Waals surface area (Å²) in [6, 6.07) is 0. The number of rotatable bonds is 6. The molecule has 1 rings (SSSR count). The fourth-order valence-corrected chi connectivity index (χ4v) is 2.50. The fourth-order valence-electron chi connectivity index (χ4n) is 1.33. The molecule has 0 radical (unpaired) electrons. The maximum absolute atomic E-state index is 12.4. The van der Waals surface area contributed by atoms with Crippen molar-refractivity contribution in [1.29, 1.82) is 0 Å². The molecule has 0 saturated heterocycles. The van der Waals surface area contributed by atoms with Crippen LogP contribution in [0.4, 0.5) is 13.2 Å². The molecule has 0 unspecified atom stereocenters. The van der Waals surface area contributed by atoms with Crippen molar-refractivity contribution in [2.75, 3.05) is 25.6 Å². The highest BCUT2D eigenvalue weighted by Crippen LogP contribution is 2.29. The fraction of sp³-hybridized carbons (Fsp3) is 0.636. The summed E-state index contributed by atoms with van der Waals surface area (Å²) in [5, 5.41) is 7.43. The van der Waals surface area contributed by atoms with Gasteiger partial charge in [-0.2, -0.15) is 24.9 Å². The molecule has 2 N–H and O–H groups in total. The Morgan fingerprint density at radius 2 is 2.14 bits per heavy atom. The molecule has 0 aromatic carbocycles. The van der Waals surface area contributed by atoms with E-state index in [9.17, 15) is 13.2 Å². The zero-order valence-corrected chi connectivity index (χ0v) is 15.6. The second-order valence-electron chi connectivity index (χ2n) is 3.82. The van der Waals surface area contributed by atoms with E-state index >= 15 is 0 Å². The van der Waals surface area contributed by atoms with Crippen LogP contribution in [0.2, 0.25) is 0 Å². The minimum absolute atomic E-state index is 0. The molecule has 0 fully saturated rings. The summed E-state index contributed by atoms with van der Waals surface area (Å²) >= 11 is 2.74. The SMILES string of the molecule is CN=C(NCCCSC)NCc1nc(C(F)(F)F)cs1.I. The molecule has 1 aromatic heterocycles. The Labute approximate surface area is 147 Å². The monoisotopic (exact) mass is 454 g/mol. The number of aliphatic imine (C=N–C) groups is 1. The Morgan fingerprint density at radius 1 is 1.43 bits per heavy atom. The molecule has 0 spiro atoms. The lowest BCUT2D eigenvalue weighted by atomic mass is 10.5.